The fraction of sp³-hybridized carbons (Fsp3) is 0.346. The molecule has 0 saturated carbocycles. The highest BCUT2D eigenvalue weighted by Crippen LogP contribution is 2.39. The number of hydrogen-bond acceptors (Lipinski definition) is 4. The van der Waals surface area contributed by atoms with Gasteiger partial charge in [0.05, 0.1) is 23.9 Å². The van der Waals surface area contributed by atoms with E-state index in [2.05, 4.69) is 37.3 Å². The third kappa shape index (κ3) is 5.36. The topological polar surface area (TPSA) is 71.4 Å². The van der Waals surface area contributed by atoms with E-state index in [-0.39, 0.29) is 36.3 Å². The van der Waals surface area contributed by atoms with Gasteiger partial charge in [-0.25, -0.2) is 4.39 Å². The van der Waals surface area contributed by atoms with Crippen molar-refractivity contribution in [3.63, 3.8) is 0 Å². The molecular formula is C26H28FN5O2S. The van der Waals surface area contributed by atoms with Crippen LogP contribution in [0.25, 0.3) is 0 Å². The van der Waals surface area contributed by atoms with E-state index in [1.807, 2.05) is 24.3 Å². The molecule has 2 aromatic heterocycles. The second kappa shape index (κ2) is 10.5. The van der Waals surface area contributed by atoms with Crippen molar-refractivity contribution in [1.82, 2.24) is 19.8 Å². The number of nitrogens with one attached hydrogen (secondary N) is 2. The van der Waals surface area contributed by atoms with Gasteiger partial charge in [-0.2, -0.15) is 0 Å². The predicted molar refractivity (Wildman–Crippen MR) is 135 cm³/mol. The number of benzene rings is 1. The van der Waals surface area contributed by atoms with Gasteiger partial charge < -0.3 is 24.8 Å². The summed E-state index contributed by atoms with van der Waals surface area (Å²) in [5.41, 5.74) is 2.55. The maximum absolute atomic E-state index is 13.2. The Kier molecular flexibility index (Phi) is 7.06. The van der Waals surface area contributed by atoms with E-state index < -0.39 is 0 Å². The molecule has 0 spiro atoms. The van der Waals surface area contributed by atoms with Crippen LogP contribution in [0.5, 0.6) is 0 Å². The molecule has 7 nitrogen and oxygen atoms in total. The van der Waals surface area contributed by atoms with Crippen molar-refractivity contribution in [3.05, 3.63) is 84.2 Å². The molecule has 2 N–H and O–H groups in total. The quantitative estimate of drug-likeness (QED) is 0.459. The standard InChI is InChI=1S/C26H28FN5O2S/c27-18-8-10-19(11-9-18)29-23(33)12-15-32-25(24(30-26(32)35)21-6-1-2-13-28-21)22-7-3-14-31(22)17-20-5-4-16-34-20/h1-3,6-11,13-14,20,24-25H,4-5,12,15-17H2,(H,29,33)(H,30,35)/t20-,24-,25-/m0/s1. The molecule has 4 heterocycles. The Morgan fingerprint density at radius 3 is 2.80 bits per heavy atom. The van der Waals surface area contributed by atoms with E-state index in [1.54, 1.807) is 18.3 Å². The molecule has 0 aliphatic carbocycles. The van der Waals surface area contributed by atoms with Gasteiger partial charge in [0.1, 0.15) is 5.82 Å². The number of halogens is 1. The minimum absolute atomic E-state index is 0.132. The molecule has 2 fully saturated rings. The van der Waals surface area contributed by atoms with Gasteiger partial charge in [-0.15, -0.1) is 0 Å². The van der Waals surface area contributed by atoms with Gasteiger partial charge in [-0.3, -0.25) is 9.78 Å². The first-order chi connectivity index (χ1) is 17.1. The molecule has 182 valence electrons. The number of pyridine rings is 1. The van der Waals surface area contributed by atoms with Gasteiger partial charge >= 0.3 is 0 Å². The van der Waals surface area contributed by atoms with Crippen LogP contribution in [0.4, 0.5) is 10.1 Å². The van der Waals surface area contributed by atoms with Crippen LogP contribution in [-0.4, -0.2) is 44.7 Å². The Morgan fingerprint density at radius 1 is 1.20 bits per heavy atom. The number of hydrogen-bond donors (Lipinski definition) is 2. The molecular weight excluding hydrogens is 465 g/mol. The van der Waals surface area contributed by atoms with Crippen LogP contribution in [0.15, 0.2) is 67.0 Å². The molecule has 2 aliphatic rings. The SMILES string of the molecule is O=C(CCN1C(=S)N[C@@H](c2ccccn2)[C@@H]1c1cccn1C[C@@H]1CCCO1)Nc1ccc(F)cc1. The molecule has 2 aliphatic heterocycles. The van der Waals surface area contributed by atoms with Gasteiger partial charge in [0.2, 0.25) is 5.91 Å². The lowest BCUT2D eigenvalue weighted by molar-refractivity contribution is -0.116. The monoisotopic (exact) mass is 493 g/mol. The molecule has 0 unspecified atom stereocenters. The minimum atomic E-state index is -0.342. The summed E-state index contributed by atoms with van der Waals surface area (Å²) in [5, 5.41) is 6.85. The molecule has 2 saturated heterocycles. The Balaban J connectivity index is 1.36. The first kappa shape index (κ1) is 23.4. The molecule has 0 radical (unpaired) electrons. The minimum Gasteiger partial charge on any atom is -0.376 e. The van der Waals surface area contributed by atoms with Gasteiger partial charge in [-0.1, -0.05) is 6.07 Å². The Labute approximate surface area is 209 Å². The van der Waals surface area contributed by atoms with Crippen LogP contribution in [0.2, 0.25) is 0 Å². The van der Waals surface area contributed by atoms with E-state index in [9.17, 15) is 9.18 Å². The number of anilines is 1. The van der Waals surface area contributed by atoms with Crippen molar-refractivity contribution < 1.29 is 13.9 Å². The molecule has 9 heteroatoms. The van der Waals surface area contributed by atoms with Crippen molar-refractivity contribution in [2.75, 3.05) is 18.5 Å². The second-order valence-electron chi connectivity index (χ2n) is 8.85. The smallest absolute Gasteiger partial charge is 0.226 e. The van der Waals surface area contributed by atoms with Crippen LogP contribution in [0.3, 0.4) is 0 Å². The van der Waals surface area contributed by atoms with E-state index in [4.69, 9.17) is 17.0 Å². The Morgan fingerprint density at radius 2 is 2.06 bits per heavy atom. The highest BCUT2D eigenvalue weighted by Gasteiger charge is 2.41. The zero-order valence-electron chi connectivity index (χ0n) is 19.3. The van der Waals surface area contributed by atoms with E-state index in [0.29, 0.717) is 17.3 Å². The average molecular weight is 494 g/mol. The molecule has 0 bridgehead atoms. The number of aromatic nitrogens is 2. The first-order valence-electron chi connectivity index (χ1n) is 11.9. The van der Waals surface area contributed by atoms with Crippen LogP contribution in [0, 0.1) is 5.82 Å². The van der Waals surface area contributed by atoms with Gasteiger partial charge in [0.25, 0.3) is 0 Å². The summed E-state index contributed by atoms with van der Waals surface area (Å²) in [7, 11) is 0. The fourth-order valence-corrected chi connectivity index (χ4v) is 5.15. The fourth-order valence-electron chi connectivity index (χ4n) is 4.82. The van der Waals surface area contributed by atoms with Crippen LogP contribution in [0.1, 0.15) is 42.7 Å². The lowest BCUT2D eigenvalue weighted by Gasteiger charge is -2.29. The number of thiocarbonyl (C=S) groups is 1. The van der Waals surface area contributed by atoms with E-state index in [0.717, 1.165) is 37.4 Å². The maximum Gasteiger partial charge on any atom is 0.226 e. The summed E-state index contributed by atoms with van der Waals surface area (Å²) < 4.78 is 21.3. The van der Waals surface area contributed by atoms with E-state index in [1.165, 1.54) is 12.1 Å². The third-order valence-corrected chi connectivity index (χ3v) is 6.85. The second-order valence-corrected chi connectivity index (χ2v) is 9.23. The highest BCUT2D eigenvalue weighted by molar-refractivity contribution is 7.80. The van der Waals surface area contributed by atoms with Crippen molar-refractivity contribution in [2.45, 2.75) is 44.0 Å². The summed E-state index contributed by atoms with van der Waals surface area (Å²) in [6, 6.07) is 15.5. The van der Waals surface area contributed by atoms with Crippen LogP contribution in [-0.2, 0) is 16.1 Å². The molecule has 1 amide bonds. The van der Waals surface area contributed by atoms with Crippen molar-refractivity contribution >= 4 is 28.9 Å². The van der Waals surface area contributed by atoms with Gasteiger partial charge in [0.15, 0.2) is 5.11 Å². The lowest BCUT2D eigenvalue weighted by atomic mass is 10.0. The lowest BCUT2D eigenvalue weighted by Crippen LogP contribution is -2.33. The number of amides is 1. The zero-order chi connectivity index (χ0) is 24.2. The van der Waals surface area contributed by atoms with E-state index >= 15 is 0 Å². The molecule has 3 aromatic rings. The molecule has 35 heavy (non-hydrogen) atoms. The maximum atomic E-state index is 13.2. The first-order valence-corrected chi connectivity index (χ1v) is 12.3. The number of carbonyl (C=O) groups is 1. The molecule has 1 aromatic carbocycles. The normalized spacial score (nSPS) is 21.8. The predicted octanol–water partition coefficient (Wildman–Crippen LogP) is 4.20. The summed E-state index contributed by atoms with van der Waals surface area (Å²) >= 11 is 5.73. The summed E-state index contributed by atoms with van der Waals surface area (Å²) in [5.74, 6) is -0.500. The zero-order valence-corrected chi connectivity index (χ0v) is 20.1. The number of ether oxygens (including phenoxy) is 1. The van der Waals surface area contributed by atoms with Crippen molar-refractivity contribution in [1.29, 1.82) is 0 Å². The number of carbonyl (C=O) groups excluding carboxylic acids is 1. The van der Waals surface area contributed by atoms with Crippen molar-refractivity contribution in [2.24, 2.45) is 0 Å². The molecule has 3 atom stereocenters. The summed E-state index contributed by atoms with van der Waals surface area (Å²) in [6.07, 6.45) is 6.43. The van der Waals surface area contributed by atoms with Crippen LogP contribution < -0.4 is 10.6 Å². The highest BCUT2D eigenvalue weighted by atomic mass is 32.1. The summed E-state index contributed by atoms with van der Waals surface area (Å²) in [4.78, 5) is 19.3. The van der Waals surface area contributed by atoms with Crippen LogP contribution >= 0.6 is 12.2 Å². The largest absolute Gasteiger partial charge is 0.376 e. The number of rotatable bonds is 8. The number of nitrogens with zero attached hydrogens (tertiary/aromatic N) is 3. The third-order valence-electron chi connectivity index (χ3n) is 6.50. The van der Waals surface area contributed by atoms with Gasteiger partial charge in [0, 0.05) is 49.9 Å². The average Bonchev–Trinajstić information content (AvgIpc) is 3.61. The molecule has 5 rings (SSSR count). The Hall–Kier alpha value is -3.30. The Bertz CT molecular complexity index is 1160. The van der Waals surface area contributed by atoms with Crippen molar-refractivity contribution in [3.8, 4) is 0 Å². The van der Waals surface area contributed by atoms with Gasteiger partial charge in [-0.05, 0) is 73.6 Å². The summed E-state index contributed by atoms with van der Waals surface area (Å²) in [6.45, 7) is 2.01.